The summed E-state index contributed by atoms with van der Waals surface area (Å²) < 4.78 is 25.6. The van der Waals surface area contributed by atoms with Crippen LogP contribution in [-0.2, 0) is 10.0 Å². The molecule has 1 atom stereocenters. The summed E-state index contributed by atoms with van der Waals surface area (Å²) in [5.41, 5.74) is 0.0552. The smallest absolute Gasteiger partial charge is 0.269 e. The number of non-ortho nitro benzene ring substituents is 1. The van der Waals surface area contributed by atoms with Crippen molar-refractivity contribution in [3.05, 3.63) is 34.4 Å². The van der Waals surface area contributed by atoms with E-state index in [2.05, 4.69) is 4.72 Å². The maximum Gasteiger partial charge on any atom is 0.269 e. The number of nitriles is 1. The fourth-order valence-electron chi connectivity index (χ4n) is 1.27. The number of rotatable bonds is 5. The number of anilines is 1. The molecule has 0 radical (unpaired) electrons. The lowest BCUT2D eigenvalue weighted by Gasteiger charge is -2.10. The molecule has 0 heterocycles. The van der Waals surface area contributed by atoms with Crippen molar-refractivity contribution in [2.24, 2.45) is 0 Å². The molecule has 1 N–H and O–H groups in total. The summed E-state index contributed by atoms with van der Waals surface area (Å²) in [5.74, 6) is 0. The average Bonchev–Trinajstić information content (AvgIpc) is 2.30. The van der Waals surface area contributed by atoms with Gasteiger partial charge in [0.2, 0.25) is 10.0 Å². The zero-order chi connectivity index (χ0) is 13.8. The molecule has 0 bridgehead atoms. The maximum absolute atomic E-state index is 11.7. The quantitative estimate of drug-likeness (QED) is 0.644. The zero-order valence-electron chi connectivity index (χ0n) is 9.53. The molecule has 8 heteroatoms. The minimum Gasteiger partial charge on any atom is -0.282 e. The van der Waals surface area contributed by atoms with E-state index in [-0.39, 0.29) is 17.8 Å². The first-order valence-corrected chi connectivity index (χ1v) is 6.61. The third kappa shape index (κ3) is 3.18. The number of nitro groups is 1. The van der Waals surface area contributed by atoms with Gasteiger partial charge in [-0.25, -0.2) is 8.42 Å². The fourth-order valence-corrected chi connectivity index (χ4v) is 2.45. The van der Waals surface area contributed by atoms with Crippen molar-refractivity contribution in [3.63, 3.8) is 0 Å². The van der Waals surface area contributed by atoms with Crippen LogP contribution in [0.5, 0.6) is 0 Å². The predicted molar refractivity (Wildman–Crippen MR) is 65.3 cm³/mol. The van der Waals surface area contributed by atoms with Crippen LogP contribution in [0.3, 0.4) is 0 Å². The van der Waals surface area contributed by atoms with Crippen molar-refractivity contribution < 1.29 is 13.3 Å². The van der Waals surface area contributed by atoms with E-state index in [0.717, 1.165) is 0 Å². The molecule has 1 aromatic rings. The molecule has 1 unspecified atom stereocenters. The van der Waals surface area contributed by atoms with Crippen LogP contribution in [0.4, 0.5) is 11.4 Å². The van der Waals surface area contributed by atoms with Gasteiger partial charge in [0, 0.05) is 17.8 Å². The first kappa shape index (κ1) is 13.9. The van der Waals surface area contributed by atoms with Gasteiger partial charge in [0.05, 0.1) is 11.0 Å². The van der Waals surface area contributed by atoms with E-state index in [4.69, 9.17) is 5.26 Å². The lowest BCUT2D eigenvalue weighted by Crippen LogP contribution is -2.25. The van der Waals surface area contributed by atoms with Gasteiger partial charge < -0.3 is 0 Å². The summed E-state index contributed by atoms with van der Waals surface area (Å²) in [4.78, 5) is 9.84. The van der Waals surface area contributed by atoms with Gasteiger partial charge in [-0.3, -0.25) is 14.8 Å². The molecule has 1 aromatic carbocycles. The van der Waals surface area contributed by atoms with Gasteiger partial charge in [-0.2, -0.15) is 5.26 Å². The van der Waals surface area contributed by atoms with Crippen LogP contribution in [0.2, 0.25) is 0 Å². The molecule has 0 fully saturated rings. The summed E-state index contributed by atoms with van der Waals surface area (Å²) >= 11 is 0. The molecule has 0 aromatic heterocycles. The molecule has 0 saturated carbocycles. The minimum atomic E-state index is -3.79. The third-order valence-corrected chi connectivity index (χ3v) is 3.94. The van der Waals surface area contributed by atoms with Crippen LogP contribution in [0.15, 0.2) is 24.3 Å². The molecule has 0 aliphatic heterocycles. The lowest BCUT2D eigenvalue weighted by atomic mass is 10.3. The van der Waals surface area contributed by atoms with Gasteiger partial charge in [-0.1, -0.05) is 6.92 Å². The highest BCUT2D eigenvalue weighted by Crippen LogP contribution is 2.18. The Bertz CT molecular complexity index is 574. The molecule has 7 nitrogen and oxygen atoms in total. The number of hydrogen-bond donors (Lipinski definition) is 1. The van der Waals surface area contributed by atoms with Crippen LogP contribution >= 0.6 is 0 Å². The first-order chi connectivity index (χ1) is 8.40. The Morgan fingerprint density at radius 1 is 1.44 bits per heavy atom. The van der Waals surface area contributed by atoms with Gasteiger partial charge >= 0.3 is 0 Å². The Kier molecular flexibility index (Phi) is 4.23. The summed E-state index contributed by atoms with van der Waals surface area (Å²) in [5, 5.41) is 18.0. The Balaban J connectivity index is 2.92. The molecular weight excluding hydrogens is 258 g/mol. The monoisotopic (exact) mass is 269 g/mol. The molecule has 0 spiro atoms. The highest BCUT2D eigenvalue weighted by atomic mass is 32.2. The van der Waals surface area contributed by atoms with E-state index in [1.54, 1.807) is 13.0 Å². The van der Waals surface area contributed by atoms with Crippen molar-refractivity contribution in [3.8, 4) is 6.07 Å². The summed E-state index contributed by atoms with van der Waals surface area (Å²) in [7, 11) is -3.79. The minimum absolute atomic E-state index is 0.134. The van der Waals surface area contributed by atoms with Crippen LogP contribution in [0.25, 0.3) is 0 Å². The standard InChI is InChI=1S/C10H11N3O4S/c1-2-10(7-11)18(16,17)12-8-3-5-9(6-4-8)13(14)15/h3-6,10,12H,2H2,1H3. The molecule has 0 aliphatic carbocycles. The van der Waals surface area contributed by atoms with Crippen LogP contribution in [-0.4, -0.2) is 18.6 Å². The molecular formula is C10H11N3O4S. The van der Waals surface area contributed by atoms with Gasteiger partial charge in [0.15, 0.2) is 5.25 Å². The van der Waals surface area contributed by atoms with Crippen molar-refractivity contribution in [1.29, 1.82) is 5.26 Å². The second-order valence-electron chi connectivity index (χ2n) is 3.48. The molecule has 0 amide bonds. The number of sulfonamides is 1. The highest BCUT2D eigenvalue weighted by molar-refractivity contribution is 7.93. The molecule has 18 heavy (non-hydrogen) atoms. The van der Waals surface area contributed by atoms with E-state index < -0.39 is 20.2 Å². The SMILES string of the molecule is CCC(C#N)S(=O)(=O)Nc1ccc([N+](=O)[O-])cc1. The lowest BCUT2D eigenvalue weighted by molar-refractivity contribution is -0.384. The van der Waals surface area contributed by atoms with Crippen molar-refractivity contribution >= 4 is 21.4 Å². The zero-order valence-corrected chi connectivity index (χ0v) is 10.3. The molecule has 1 rings (SSSR count). The summed E-state index contributed by atoms with van der Waals surface area (Å²) in [6, 6.07) is 6.61. The van der Waals surface area contributed by atoms with Crippen molar-refractivity contribution in [2.75, 3.05) is 4.72 Å². The summed E-state index contributed by atoms with van der Waals surface area (Å²) in [6.07, 6.45) is 0.165. The number of hydrogen-bond acceptors (Lipinski definition) is 5. The number of nitrogens with one attached hydrogen (secondary N) is 1. The number of benzene rings is 1. The number of nitro benzene ring substituents is 1. The van der Waals surface area contributed by atoms with Gasteiger partial charge in [0.25, 0.3) is 5.69 Å². The van der Waals surface area contributed by atoms with Gasteiger partial charge in [-0.05, 0) is 18.6 Å². The number of nitrogens with zero attached hydrogens (tertiary/aromatic N) is 2. The Morgan fingerprint density at radius 3 is 2.39 bits per heavy atom. The Hall–Kier alpha value is -2.14. The van der Waals surface area contributed by atoms with E-state index in [0.29, 0.717) is 0 Å². The molecule has 0 aliphatic rings. The van der Waals surface area contributed by atoms with E-state index in [1.807, 2.05) is 0 Å². The predicted octanol–water partition coefficient (Wildman–Crippen LogP) is 1.64. The Morgan fingerprint density at radius 2 is 2.00 bits per heavy atom. The van der Waals surface area contributed by atoms with Crippen LogP contribution in [0, 0.1) is 21.4 Å². The third-order valence-electron chi connectivity index (χ3n) is 2.23. The highest BCUT2D eigenvalue weighted by Gasteiger charge is 2.23. The normalized spacial score (nSPS) is 12.4. The maximum atomic E-state index is 11.7. The second kappa shape index (κ2) is 5.46. The average molecular weight is 269 g/mol. The van der Waals surface area contributed by atoms with Crippen LogP contribution < -0.4 is 4.72 Å². The molecule has 0 saturated heterocycles. The van der Waals surface area contributed by atoms with Crippen molar-refractivity contribution in [2.45, 2.75) is 18.6 Å². The van der Waals surface area contributed by atoms with Gasteiger partial charge in [0.1, 0.15) is 0 Å². The fraction of sp³-hybridized carbons (Fsp3) is 0.300. The summed E-state index contributed by atoms with van der Waals surface area (Å²) in [6.45, 7) is 1.59. The van der Waals surface area contributed by atoms with Gasteiger partial charge in [-0.15, -0.1) is 0 Å². The van der Waals surface area contributed by atoms with E-state index in [1.165, 1.54) is 24.3 Å². The van der Waals surface area contributed by atoms with Crippen LogP contribution in [0.1, 0.15) is 13.3 Å². The van der Waals surface area contributed by atoms with Crippen molar-refractivity contribution in [1.82, 2.24) is 0 Å². The molecule has 96 valence electrons. The topological polar surface area (TPSA) is 113 Å². The first-order valence-electron chi connectivity index (χ1n) is 5.06. The van der Waals surface area contributed by atoms with E-state index >= 15 is 0 Å². The largest absolute Gasteiger partial charge is 0.282 e. The Labute approximate surface area is 104 Å². The second-order valence-corrected chi connectivity index (χ2v) is 5.34. The van der Waals surface area contributed by atoms with E-state index in [9.17, 15) is 18.5 Å².